The van der Waals surface area contributed by atoms with Gasteiger partial charge in [-0.3, -0.25) is 4.79 Å². The van der Waals surface area contributed by atoms with Crippen molar-refractivity contribution < 1.29 is 14.3 Å². The van der Waals surface area contributed by atoms with E-state index in [0.29, 0.717) is 5.75 Å². The van der Waals surface area contributed by atoms with Crippen LogP contribution in [0, 0.1) is 13.8 Å². The molecule has 0 saturated carbocycles. The van der Waals surface area contributed by atoms with Crippen LogP contribution in [0.1, 0.15) is 29.4 Å². The molecule has 6 heteroatoms. The van der Waals surface area contributed by atoms with Gasteiger partial charge in [-0.25, -0.2) is 5.43 Å². The van der Waals surface area contributed by atoms with Crippen molar-refractivity contribution in [3.05, 3.63) is 77.1 Å². The van der Waals surface area contributed by atoms with E-state index in [1.807, 2.05) is 6.07 Å². The maximum absolute atomic E-state index is 12.0. The zero-order valence-corrected chi connectivity index (χ0v) is 17.8. The second-order valence-electron chi connectivity index (χ2n) is 6.90. The molecule has 1 aromatic heterocycles. The molecule has 0 aliphatic carbocycles. The van der Waals surface area contributed by atoms with E-state index in [-0.39, 0.29) is 12.5 Å². The number of hydrazone groups is 1. The first kappa shape index (κ1) is 21.2. The summed E-state index contributed by atoms with van der Waals surface area (Å²) in [7, 11) is 1.60. The molecule has 1 N–H and O–H groups in total. The van der Waals surface area contributed by atoms with E-state index in [1.165, 1.54) is 11.3 Å². The monoisotopic (exact) mass is 405 g/mol. The molecule has 2 aromatic carbocycles. The largest absolute Gasteiger partial charge is 0.497 e. The van der Waals surface area contributed by atoms with E-state index in [0.717, 1.165) is 29.1 Å². The number of methoxy groups -OCH3 is 1. The fourth-order valence-corrected chi connectivity index (χ4v) is 3.34. The van der Waals surface area contributed by atoms with Gasteiger partial charge in [0.2, 0.25) is 0 Å². The second kappa shape index (κ2) is 9.78. The van der Waals surface area contributed by atoms with Crippen molar-refractivity contribution in [1.29, 1.82) is 0 Å². The number of ether oxygens (including phenoxy) is 2. The van der Waals surface area contributed by atoms with Gasteiger partial charge in [-0.1, -0.05) is 25.1 Å². The molecule has 0 radical (unpaired) electrons. The maximum Gasteiger partial charge on any atom is 0.277 e. The van der Waals surface area contributed by atoms with Gasteiger partial charge in [-0.2, -0.15) is 5.10 Å². The first-order valence-electron chi connectivity index (χ1n) is 9.89. The predicted molar refractivity (Wildman–Crippen MR) is 119 cm³/mol. The summed E-state index contributed by atoms with van der Waals surface area (Å²) in [4.78, 5) is 12.0. The number of benzene rings is 2. The lowest BCUT2D eigenvalue weighted by atomic mass is 10.1. The number of carbonyl (C=O) groups is 1. The number of aryl methyl sites for hydroxylation is 2. The highest BCUT2D eigenvalue weighted by molar-refractivity contribution is 5.84. The van der Waals surface area contributed by atoms with E-state index in [9.17, 15) is 4.79 Å². The molecule has 0 spiro atoms. The Bertz CT molecular complexity index is 1040. The van der Waals surface area contributed by atoms with Gasteiger partial charge in [-0.15, -0.1) is 0 Å². The SMILES string of the molecule is CCc1ccccc1-n1c(C)cc(/C=N/NC(=O)COc2ccc(OC)cc2)c1C. The van der Waals surface area contributed by atoms with Crippen LogP contribution in [0.25, 0.3) is 5.69 Å². The van der Waals surface area contributed by atoms with Crippen LogP contribution in [-0.4, -0.2) is 30.4 Å². The number of rotatable bonds is 8. The quantitative estimate of drug-likeness (QED) is 0.451. The third-order valence-corrected chi connectivity index (χ3v) is 4.91. The van der Waals surface area contributed by atoms with Gasteiger partial charge in [0.1, 0.15) is 11.5 Å². The molecule has 156 valence electrons. The minimum atomic E-state index is -0.327. The number of hydrogen-bond acceptors (Lipinski definition) is 4. The molecule has 1 heterocycles. The molecule has 0 aliphatic heterocycles. The number of amides is 1. The number of para-hydroxylation sites is 1. The van der Waals surface area contributed by atoms with Crippen molar-refractivity contribution in [3.63, 3.8) is 0 Å². The smallest absolute Gasteiger partial charge is 0.277 e. The van der Waals surface area contributed by atoms with E-state index in [4.69, 9.17) is 9.47 Å². The van der Waals surface area contributed by atoms with Crippen LogP contribution in [-0.2, 0) is 11.2 Å². The number of carbonyl (C=O) groups excluding carboxylic acids is 1. The molecule has 1 amide bonds. The number of nitrogens with zero attached hydrogens (tertiary/aromatic N) is 2. The van der Waals surface area contributed by atoms with Crippen molar-refractivity contribution in [1.82, 2.24) is 9.99 Å². The fourth-order valence-electron chi connectivity index (χ4n) is 3.34. The number of aromatic nitrogens is 1. The number of nitrogens with one attached hydrogen (secondary N) is 1. The average molecular weight is 405 g/mol. The van der Waals surface area contributed by atoms with Crippen LogP contribution in [0.5, 0.6) is 11.5 Å². The summed E-state index contributed by atoms with van der Waals surface area (Å²) in [5.41, 5.74) is 8.11. The van der Waals surface area contributed by atoms with Gasteiger partial charge in [0.25, 0.3) is 5.91 Å². The third kappa shape index (κ3) is 4.89. The van der Waals surface area contributed by atoms with Crippen molar-refractivity contribution in [2.45, 2.75) is 27.2 Å². The highest BCUT2D eigenvalue weighted by Crippen LogP contribution is 2.23. The van der Waals surface area contributed by atoms with Crippen LogP contribution in [0.15, 0.2) is 59.7 Å². The standard InChI is InChI=1S/C24H27N3O3/c1-5-19-8-6-7-9-23(19)27-17(2)14-20(18(27)3)15-25-26-24(28)16-30-22-12-10-21(29-4)11-13-22/h6-15H,5,16H2,1-4H3,(H,26,28)/b25-15+. The van der Waals surface area contributed by atoms with Crippen LogP contribution < -0.4 is 14.9 Å². The van der Waals surface area contributed by atoms with Gasteiger partial charge < -0.3 is 14.0 Å². The number of hydrogen-bond donors (Lipinski definition) is 1. The Kier molecular flexibility index (Phi) is 6.91. The second-order valence-corrected chi connectivity index (χ2v) is 6.90. The Hall–Kier alpha value is -3.54. The molecule has 30 heavy (non-hydrogen) atoms. The first-order chi connectivity index (χ1) is 14.5. The summed E-state index contributed by atoms with van der Waals surface area (Å²) in [6.07, 6.45) is 2.62. The average Bonchev–Trinajstić information content (AvgIpc) is 3.05. The molecule has 0 unspecified atom stereocenters. The summed E-state index contributed by atoms with van der Waals surface area (Å²) >= 11 is 0. The lowest BCUT2D eigenvalue weighted by Gasteiger charge is -2.13. The highest BCUT2D eigenvalue weighted by Gasteiger charge is 2.12. The molecule has 0 atom stereocenters. The Morgan fingerprint density at radius 2 is 1.80 bits per heavy atom. The molecule has 6 nitrogen and oxygen atoms in total. The van der Waals surface area contributed by atoms with Crippen molar-refractivity contribution in [3.8, 4) is 17.2 Å². The van der Waals surface area contributed by atoms with Crippen molar-refractivity contribution in [2.24, 2.45) is 5.10 Å². The van der Waals surface area contributed by atoms with Crippen molar-refractivity contribution in [2.75, 3.05) is 13.7 Å². The molecule has 0 fully saturated rings. The summed E-state index contributed by atoms with van der Waals surface area (Å²) in [5.74, 6) is 0.996. The van der Waals surface area contributed by atoms with Crippen molar-refractivity contribution >= 4 is 12.1 Å². The van der Waals surface area contributed by atoms with E-state index in [2.05, 4.69) is 60.1 Å². The summed E-state index contributed by atoms with van der Waals surface area (Å²) in [5, 5.41) is 4.09. The zero-order chi connectivity index (χ0) is 21.5. The topological polar surface area (TPSA) is 64.9 Å². The predicted octanol–water partition coefficient (Wildman–Crippen LogP) is 4.19. The molecule has 0 saturated heterocycles. The minimum absolute atomic E-state index is 0.118. The molecular weight excluding hydrogens is 378 g/mol. The van der Waals surface area contributed by atoms with Crippen LogP contribution in [0.3, 0.4) is 0 Å². The third-order valence-electron chi connectivity index (χ3n) is 4.91. The van der Waals surface area contributed by atoms with Crippen LogP contribution in [0.4, 0.5) is 0 Å². The molecule has 0 bridgehead atoms. The molecule has 3 aromatic rings. The Morgan fingerprint density at radius 1 is 1.10 bits per heavy atom. The normalized spacial score (nSPS) is 10.9. The van der Waals surface area contributed by atoms with Gasteiger partial charge >= 0.3 is 0 Å². The molecular formula is C24H27N3O3. The van der Waals surface area contributed by atoms with Gasteiger partial charge in [0.15, 0.2) is 6.61 Å². The highest BCUT2D eigenvalue weighted by atomic mass is 16.5. The maximum atomic E-state index is 12.0. The van der Waals surface area contributed by atoms with E-state index in [1.54, 1.807) is 37.6 Å². The fraction of sp³-hybridized carbons (Fsp3) is 0.250. The zero-order valence-electron chi connectivity index (χ0n) is 17.8. The van der Waals surface area contributed by atoms with Crippen LogP contribution >= 0.6 is 0 Å². The van der Waals surface area contributed by atoms with Gasteiger partial charge in [-0.05, 0) is 62.2 Å². The van der Waals surface area contributed by atoms with E-state index >= 15 is 0 Å². The summed E-state index contributed by atoms with van der Waals surface area (Å²) < 4.78 is 12.8. The molecule has 0 aliphatic rings. The molecule has 3 rings (SSSR count). The Labute approximate surface area is 177 Å². The lowest BCUT2D eigenvalue weighted by Crippen LogP contribution is -2.24. The summed E-state index contributed by atoms with van der Waals surface area (Å²) in [6, 6.07) is 17.5. The lowest BCUT2D eigenvalue weighted by molar-refractivity contribution is -0.123. The Balaban J connectivity index is 1.63. The first-order valence-corrected chi connectivity index (χ1v) is 9.89. The Morgan fingerprint density at radius 3 is 2.50 bits per heavy atom. The summed E-state index contributed by atoms with van der Waals surface area (Å²) in [6.45, 7) is 6.15. The van der Waals surface area contributed by atoms with Crippen LogP contribution in [0.2, 0.25) is 0 Å². The van der Waals surface area contributed by atoms with E-state index < -0.39 is 0 Å². The van der Waals surface area contributed by atoms with Gasteiger partial charge in [0, 0.05) is 22.6 Å². The minimum Gasteiger partial charge on any atom is -0.497 e. The van der Waals surface area contributed by atoms with Gasteiger partial charge in [0.05, 0.1) is 13.3 Å².